The molecule has 2 amide bonds. The van der Waals surface area contributed by atoms with Gasteiger partial charge in [-0.1, -0.05) is 56.3 Å². The van der Waals surface area contributed by atoms with Crippen LogP contribution in [0, 0.1) is 6.92 Å². The van der Waals surface area contributed by atoms with Crippen LogP contribution in [0.4, 0.5) is 5.69 Å². The minimum atomic E-state index is -3.74. The summed E-state index contributed by atoms with van der Waals surface area (Å²) < 4.78 is 26.6. The summed E-state index contributed by atoms with van der Waals surface area (Å²) in [6.45, 7) is 9.26. The summed E-state index contributed by atoms with van der Waals surface area (Å²) in [4.78, 5) is 28.0. The number of hydrogen-bond acceptors (Lipinski definition) is 4. The van der Waals surface area contributed by atoms with Crippen molar-refractivity contribution in [2.45, 2.75) is 66.1 Å². The van der Waals surface area contributed by atoms with E-state index in [1.807, 2.05) is 64.1 Å². The predicted molar refractivity (Wildman–Crippen MR) is 137 cm³/mol. The highest BCUT2D eigenvalue weighted by molar-refractivity contribution is 7.92. The molecule has 0 aromatic heterocycles. The zero-order valence-electron chi connectivity index (χ0n) is 21.0. The monoisotopic (exact) mass is 487 g/mol. The van der Waals surface area contributed by atoms with E-state index in [-0.39, 0.29) is 25.0 Å². The van der Waals surface area contributed by atoms with E-state index in [4.69, 9.17) is 0 Å². The van der Waals surface area contributed by atoms with Crippen molar-refractivity contribution in [1.29, 1.82) is 0 Å². The molecule has 2 aromatic carbocycles. The molecule has 2 aromatic rings. The number of rotatable bonds is 11. The summed E-state index contributed by atoms with van der Waals surface area (Å²) in [5, 5.41) is 2.93. The molecule has 0 spiro atoms. The molecule has 0 saturated heterocycles. The Morgan fingerprint density at radius 1 is 0.971 bits per heavy atom. The van der Waals surface area contributed by atoms with Crippen LogP contribution in [0.1, 0.15) is 50.8 Å². The standard InChI is InChI=1S/C26H37N3O4S/c1-7-20(4)27-26(31)21(5)28(17-23-15-10-9-13-19(23)3)25(30)18-29(34(6,32)33)24-16-12-11-14-22(24)8-2/h9-16,20-21H,7-8,17-18H2,1-6H3,(H,27,31)/t20-,21-/m1/s1. The lowest BCUT2D eigenvalue weighted by Gasteiger charge is -2.32. The Bertz CT molecular complexity index is 1100. The molecular weight excluding hydrogens is 450 g/mol. The van der Waals surface area contributed by atoms with Gasteiger partial charge in [0.05, 0.1) is 11.9 Å². The van der Waals surface area contributed by atoms with Gasteiger partial charge in [-0.25, -0.2) is 8.42 Å². The largest absolute Gasteiger partial charge is 0.352 e. The molecule has 0 fully saturated rings. The molecule has 7 nitrogen and oxygen atoms in total. The first-order chi connectivity index (χ1) is 16.0. The molecule has 0 heterocycles. The highest BCUT2D eigenvalue weighted by atomic mass is 32.2. The second kappa shape index (κ2) is 12.0. The molecule has 0 radical (unpaired) electrons. The summed E-state index contributed by atoms with van der Waals surface area (Å²) in [6.07, 6.45) is 2.48. The van der Waals surface area contributed by atoms with Crippen molar-refractivity contribution in [2.75, 3.05) is 17.1 Å². The predicted octanol–water partition coefficient (Wildman–Crippen LogP) is 3.66. The third-order valence-corrected chi connectivity index (χ3v) is 7.22. The lowest BCUT2D eigenvalue weighted by atomic mass is 10.1. The Morgan fingerprint density at radius 2 is 1.56 bits per heavy atom. The second-order valence-electron chi connectivity index (χ2n) is 8.69. The van der Waals surface area contributed by atoms with E-state index in [0.29, 0.717) is 12.1 Å². The summed E-state index contributed by atoms with van der Waals surface area (Å²) in [5.41, 5.74) is 3.20. The van der Waals surface area contributed by atoms with E-state index in [0.717, 1.165) is 33.7 Å². The third kappa shape index (κ3) is 7.06. The van der Waals surface area contributed by atoms with Gasteiger partial charge in [-0.05, 0) is 56.4 Å². The molecule has 0 saturated carbocycles. The zero-order valence-corrected chi connectivity index (χ0v) is 21.9. The van der Waals surface area contributed by atoms with Crippen LogP contribution in [0.3, 0.4) is 0 Å². The number of hydrogen-bond donors (Lipinski definition) is 1. The first-order valence-electron chi connectivity index (χ1n) is 11.7. The fraction of sp³-hybridized carbons (Fsp3) is 0.462. The van der Waals surface area contributed by atoms with Crippen LogP contribution in [0.25, 0.3) is 0 Å². The summed E-state index contributed by atoms with van der Waals surface area (Å²) in [5.74, 6) is -0.706. The van der Waals surface area contributed by atoms with Crippen LogP contribution >= 0.6 is 0 Å². The maximum absolute atomic E-state index is 13.6. The molecule has 0 aliphatic carbocycles. The molecule has 0 bridgehead atoms. The van der Waals surface area contributed by atoms with Gasteiger partial charge in [0.25, 0.3) is 0 Å². The molecule has 0 unspecified atom stereocenters. The number of carbonyl (C=O) groups excluding carboxylic acids is 2. The fourth-order valence-corrected chi connectivity index (χ4v) is 4.55. The fourth-order valence-electron chi connectivity index (χ4n) is 3.67. The minimum absolute atomic E-state index is 0.0330. The Balaban J connectivity index is 2.44. The topological polar surface area (TPSA) is 86.8 Å². The normalized spacial score (nSPS) is 13.1. The highest BCUT2D eigenvalue weighted by Crippen LogP contribution is 2.24. The van der Waals surface area contributed by atoms with E-state index >= 15 is 0 Å². The quantitative estimate of drug-likeness (QED) is 0.524. The average molecular weight is 488 g/mol. The molecule has 0 aliphatic heterocycles. The van der Waals surface area contributed by atoms with Gasteiger partial charge in [-0.3, -0.25) is 13.9 Å². The van der Waals surface area contributed by atoms with Crippen LogP contribution in [0.5, 0.6) is 0 Å². The number of carbonyl (C=O) groups is 2. The van der Waals surface area contributed by atoms with Crippen molar-refractivity contribution < 1.29 is 18.0 Å². The molecule has 0 aliphatic rings. The number of sulfonamides is 1. The van der Waals surface area contributed by atoms with Gasteiger partial charge in [0.2, 0.25) is 21.8 Å². The van der Waals surface area contributed by atoms with E-state index < -0.39 is 22.0 Å². The number of anilines is 1. The molecule has 2 rings (SSSR count). The molecule has 1 N–H and O–H groups in total. The van der Waals surface area contributed by atoms with Gasteiger partial charge in [0.1, 0.15) is 12.6 Å². The van der Waals surface area contributed by atoms with Crippen molar-refractivity contribution in [3.05, 3.63) is 65.2 Å². The number of amides is 2. The molecule has 186 valence electrons. The first-order valence-corrected chi connectivity index (χ1v) is 13.5. The lowest BCUT2D eigenvalue weighted by Crippen LogP contribution is -2.52. The SMILES string of the molecule is CCc1ccccc1N(CC(=O)N(Cc1ccccc1C)[C@H](C)C(=O)N[C@H](C)CC)S(C)(=O)=O. The maximum Gasteiger partial charge on any atom is 0.244 e. The van der Waals surface area contributed by atoms with Crippen molar-refractivity contribution >= 4 is 27.5 Å². The number of benzene rings is 2. The number of para-hydroxylation sites is 1. The Labute approximate surface area is 204 Å². The van der Waals surface area contributed by atoms with Gasteiger partial charge in [0.15, 0.2) is 0 Å². The maximum atomic E-state index is 13.6. The summed E-state index contributed by atoms with van der Waals surface area (Å²) in [7, 11) is -3.74. The van der Waals surface area contributed by atoms with Crippen LogP contribution in [0.15, 0.2) is 48.5 Å². The number of aryl methyl sites for hydroxylation is 2. The average Bonchev–Trinajstić information content (AvgIpc) is 2.80. The van der Waals surface area contributed by atoms with Gasteiger partial charge in [-0.15, -0.1) is 0 Å². The molecular formula is C26H37N3O4S. The van der Waals surface area contributed by atoms with Crippen LogP contribution in [-0.2, 0) is 32.6 Å². The van der Waals surface area contributed by atoms with Crippen molar-refractivity contribution in [3.8, 4) is 0 Å². The van der Waals surface area contributed by atoms with E-state index in [1.165, 1.54) is 4.90 Å². The van der Waals surface area contributed by atoms with Crippen LogP contribution in [-0.4, -0.2) is 50.0 Å². The second-order valence-corrected chi connectivity index (χ2v) is 10.6. The van der Waals surface area contributed by atoms with Crippen LogP contribution < -0.4 is 9.62 Å². The van der Waals surface area contributed by atoms with Crippen molar-refractivity contribution in [3.63, 3.8) is 0 Å². The van der Waals surface area contributed by atoms with E-state index in [9.17, 15) is 18.0 Å². The van der Waals surface area contributed by atoms with E-state index in [2.05, 4.69) is 5.32 Å². The molecule has 8 heteroatoms. The van der Waals surface area contributed by atoms with Crippen LogP contribution in [0.2, 0.25) is 0 Å². The van der Waals surface area contributed by atoms with Crippen molar-refractivity contribution in [1.82, 2.24) is 10.2 Å². The lowest BCUT2D eigenvalue weighted by molar-refractivity contribution is -0.139. The molecule has 34 heavy (non-hydrogen) atoms. The Morgan fingerprint density at radius 3 is 2.12 bits per heavy atom. The highest BCUT2D eigenvalue weighted by Gasteiger charge is 2.31. The summed E-state index contributed by atoms with van der Waals surface area (Å²) >= 11 is 0. The number of nitrogens with one attached hydrogen (secondary N) is 1. The summed E-state index contributed by atoms with van der Waals surface area (Å²) in [6, 6.07) is 14.0. The number of nitrogens with zero attached hydrogens (tertiary/aromatic N) is 2. The molecule has 2 atom stereocenters. The minimum Gasteiger partial charge on any atom is -0.352 e. The van der Waals surface area contributed by atoms with Crippen molar-refractivity contribution in [2.24, 2.45) is 0 Å². The zero-order chi connectivity index (χ0) is 25.5. The Hall–Kier alpha value is -2.87. The van der Waals surface area contributed by atoms with E-state index in [1.54, 1.807) is 19.1 Å². The van der Waals surface area contributed by atoms with Gasteiger partial charge >= 0.3 is 0 Å². The smallest absolute Gasteiger partial charge is 0.244 e. The van der Waals surface area contributed by atoms with Gasteiger partial charge in [0, 0.05) is 12.6 Å². The third-order valence-electron chi connectivity index (χ3n) is 6.09. The first kappa shape index (κ1) is 27.4. The van der Waals surface area contributed by atoms with Gasteiger partial charge < -0.3 is 10.2 Å². The Kier molecular flexibility index (Phi) is 9.67. The van der Waals surface area contributed by atoms with Gasteiger partial charge in [-0.2, -0.15) is 0 Å².